The normalized spacial score (nSPS) is 12.2. The minimum Gasteiger partial charge on any atom is -0.367 e. The zero-order valence-corrected chi connectivity index (χ0v) is 14.7. The van der Waals surface area contributed by atoms with E-state index >= 15 is 0 Å². The lowest BCUT2D eigenvalue weighted by Crippen LogP contribution is -2.22. The zero-order chi connectivity index (χ0) is 15.4. The molecule has 21 heavy (non-hydrogen) atoms. The first kappa shape index (κ1) is 16.3. The van der Waals surface area contributed by atoms with Crippen LogP contribution in [-0.4, -0.2) is 13.6 Å². The molecule has 0 aliphatic carbocycles. The molecule has 0 amide bonds. The molecule has 0 heterocycles. The van der Waals surface area contributed by atoms with Crippen molar-refractivity contribution in [3.63, 3.8) is 0 Å². The molecular formula is C17H20BrClN2. The standard InChI is InChI=1S/C17H20BrClN2/c1-12(14-4-3-5-15(19)11-14)21(2)17-7-6-13(8-9-20)10-16(17)18/h3-7,10-12H,8-9,20H2,1-2H3. The summed E-state index contributed by atoms with van der Waals surface area (Å²) in [4.78, 5) is 2.24. The first-order valence-electron chi connectivity index (χ1n) is 6.99. The van der Waals surface area contributed by atoms with Crippen molar-refractivity contribution in [1.29, 1.82) is 0 Å². The molecule has 0 aliphatic rings. The van der Waals surface area contributed by atoms with Crippen LogP contribution in [0.2, 0.25) is 5.02 Å². The second kappa shape index (κ2) is 7.30. The Balaban J connectivity index is 2.25. The molecule has 0 bridgehead atoms. The van der Waals surface area contributed by atoms with Crippen LogP contribution in [0.15, 0.2) is 46.9 Å². The van der Waals surface area contributed by atoms with Crippen LogP contribution in [-0.2, 0) is 6.42 Å². The van der Waals surface area contributed by atoms with E-state index < -0.39 is 0 Å². The van der Waals surface area contributed by atoms with Crippen LogP contribution >= 0.6 is 27.5 Å². The van der Waals surface area contributed by atoms with E-state index in [2.05, 4.69) is 59.1 Å². The Labute approximate surface area is 140 Å². The number of nitrogens with zero attached hydrogens (tertiary/aromatic N) is 1. The molecule has 0 spiro atoms. The van der Waals surface area contributed by atoms with E-state index in [1.165, 1.54) is 11.1 Å². The van der Waals surface area contributed by atoms with E-state index in [0.717, 1.165) is 21.6 Å². The predicted molar refractivity (Wildman–Crippen MR) is 95.2 cm³/mol. The van der Waals surface area contributed by atoms with Crippen LogP contribution in [0.1, 0.15) is 24.1 Å². The fourth-order valence-corrected chi connectivity index (χ4v) is 3.26. The minimum atomic E-state index is 0.236. The van der Waals surface area contributed by atoms with Gasteiger partial charge < -0.3 is 10.6 Å². The Morgan fingerprint density at radius 1 is 1.24 bits per heavy atom. The number of hydrogen-bond donors (Lipinski definition) is 1. The van der Waals surface area contributed by atoms with Gasteiger partial charge in [0, 0.05) is 16.5 Å². The molecule has 0 radical (unpaired) electrons. The second-order valence-electron chi connectivity index (χ2n) is 5.17. The molecule has 2 rings (SSSR count). The monoisotopic (exact) mass is 366 g/mol. The molecule has 2 aromatic rings. The molecule has 0 saturated heterocycles. The maximum atomic E-state index is 6.09. The van der Waals surface area contributed by atoms with Crippen molar-refractivity contribution in [1.82, 2.24) is 0 Å². The summed E-state index contributed by atoms with van der Waals surface area (Å²) in [5.41, 5.74) is 9.21. The van der Waals surface area contributed by atoms with Gasteiger partial charge in [0.05, 0.1) is 11.7 Å². The third kappa shape index (κ3) is 4.00. The summed E-state index contributed by atoms with van der Waals surface area (Å²) in [5, 5.41) is 0.769. The number of rotatable bonds is 5. The average molecular weight is 368 g/mol. The average Bonchev–Trinajstić information content (AvgIpc) is 2.46. The molecule has 4 heteroatoms. The highest BCUT2D eigenvalue weighted by atomic mass is 79.9. The number of nitrogens with two attached hydrogens (primary N) is 1. The number of benzene rings is 2. The molecule has 2 N–H and O–H groups in total. The summed E-state index contributed by atoms with van der Waals surface area (Å²) in [6, 6.07) is 14.6. The third-order valence-corrected chi connectivity index (χ3v) is 4.61. The Morgan fingerprint density at radius 2 is 2.00 bits per heavy atom. The summed E-state index contributed by atoms with van der Waals surface area (Å²) in [6.07, 6.45) is 0.895. The van der Waals surface area contributed by atoms with Gasteiger partial charge in [0.15, 0.2) is 0 Å². The van der Waals surface area contributed by atoms with Gasteiger partial charge in [-0.1, -0.05) is 29.8 Å². The second-order valence-corrected chi connectivity index (χ2v) is 6.46. The van der Waals surface area contributed by atoms with Crippen molar-refractivity contribution in [3.05, 3.63) is 63.1 Å². The van der Waals surface area contributed by atoms with Crippen molar-refractivity contribution >= 4 is 33.2 Å². The topological polar surface area (TPSA) is 29.3 Å². The van der Waals surface area contributed by atoms with Crippen molar-refractivity contribution in [2.45, 2.75) is 19.4 Å². The molecule has 2 nitrogen and oxygen atoms in total. The highest BCUT2D eigenvalue weighted by Crippen LogP contribution is 2.32. The number of anilines is 1. The van der Waals surface area contributed by atoms with Crippen molar-refractivity contribution in [2.75, 3.05) is 18.5 Å². The Hall–Kier alpha value is -1.03. The Morgan fingerprint density at radius 3 is 2.62 bits per heavy atom. The van der Waals surface area contributed by atoms with Crippen LogP contribution in [0.25, 0.3) is 0 Å². The summed E-state index contributed by atoms with van der Waals surface area (Å²) >= 11 is 9.75. The van der Waals surface area contributed by atoms with E-state index in [1.807, 2.05) is 18.2 Å². The summed E-state index contributed by atoms with van der Waals surface area (Å²) < 4.78 is 1.09. The fourth-order valence-electron chi connectivity index (χ4n) is 2.36. The first-order valence-corrected chi connectivity index (χ1v) is 8.17. The molecule has 2 aromatic carbocycles. The lowest BCUT2D eigenvalue weighted by atomic mass is 10.1. The first-order chi connectivity index (χ1) is 10.0. The number of halogens is 2. The number of hydrogen-bond acceptors (Lipinski definition) is 2. The van der Waals surface area contributed by atoms with Gasteiger partial charge in [0.1, 0.15) is 0 Å². The van der Waals surface area contributed by atoms with Gasteiger partial charge in [-0.25, -0.2) is 0 Å². The van der Waals surface area contributed by atoms with Gasteiger partial charge in [-0.05, 0) is 71.2 Å². The summed E-state index contributed by atoms with van der Waals surface area (Å²) in [5.74, 6) is 0. The van der Waals surface area contributed by atoms with E-state index in [1.54, 1.807) is 0 Å². The van der Waals surface area contributed by atoms with E-state index in [0.29, 0.717) is 6.54 Å². The van der Waals surface area contributed by atoms with E-state index in [9.17, 15) is 0 Å². The quantitative estimate of drug-likeness (QED) is 0.822. The van der Waals surface area contributed by atoms with Gasteiger partial charge >= 0.3 is 0 Å². The lowest BCUT2D eigenvalue weighted by Gasteiger charge is -2.28. The van der Waals surface area contributed by atoms with Crippen molar-refractivity contribution < 1.29 is 0 Å². The molecule has 0 aromatic heterocycles. The molecule has 1 atom stereocenters. The fraction of sp³-hybridized carbons (Fsp3) is 0.294. The maximum Gasteiger partial charge on any atom is 0.0513 e. The summed E-state index contributed by atoms with van der Waals surface area (Å²) in [7, 11) is 2.09. The van der Waals surface area contributed by atoms with Crippen molar-refractivity contribution in [3.8, 4) is 0 Å². The van der Waals surface area contributed by atoms with Gasteiger partial charge in [0.25, 0.3) is 0 Å². The smallest absolute Gasteiger partial charge is 0.0513 e. The zero-order valence-electron chi connectivity index (χ0n) is 12.3. The van der Waals surface area contributed by atoms with Crippen molar-refractivity contribution in [2.24, 2.45) is 5.73 Å². The molecule has 0 saturated carbocycles. The van der Waals surface area contributed by atoms with Crippen LogP contribution in [0.3, 0.4) is 0 Å². The molecule has 112 valence electrons. The third-order valence-electron chi connectivity index (χ3n) is 3.74. The molecule has 1 unspecified atom stereocenters. The van der Waals surface area contributed by atoms with Crippen LogP contribution < -0.4 is 10.6 Å². The Bertz CT molecular complexity index is 615. The molecular weight excluding hydrogens is 348 g/mol. The van der Waals surface area contributed by atoms with Gasteiger partial charge in [0.2, 0.25) is 0 Å². The lowest BCUT2D eigenvalue weighted by molar-refractivity contribution is 0.738. The molecule has 0 aliphatic heterocycles. The van der Waals surface area contributed by atoms with Gasteiger partial charge in [-0.3, -0.25) is 0 Å². The largest absolute Gasteiger partial charge is 0.367 e. The van der Waals surface area contributed by atoms with Crippen LogP contribution in [0, 0.1) is 0 Å². The van der Waals surface area contributed by atoms with E-state index in [-0.39, 0.29) is 6.04 Å². The van der Waals surface area contributed by atoms with Gasteiger partial charge in [-0.2, -0.15) is 0 Å². The maximum absolute atomic E-state index is 6.09. The highest BCUT2D eigenvalue weighted by molar-refractivity contribution is 9.10. The molecule has 0 fully saturated rings. The van der Waals surface area contributed by atoms with Gasteiger partial charge in [-0.15, -0.1) is 0 Å². The van der Waals surface area contributed by atoms with Crippen LogP contribution in [0.4, 0.5) is 5.69 Å². The predicted octanol–water partition coefficient (Wildman–Crippen LogP) is 4.80. The summed E-state index contributed by atoms with van der Waals surface area (Å²) in [6.45, 7) is 2.84. The van der Waals surface area contributed by atoms with E-state index in [4.69, 9.17) is 17.3 Å². The highest BCUT2D eigenvalue weighted by Gasteiger charge is 2.15. The van der Waals surface area contributed by atoms with Crippen LogP contribution in [0.5, 0.6) is 0 Å². The SMILES string of the molecule is CC(c1cccc(Cl)c1)N(C)c1ccc(CCN)cc1Br. The minimum absolute atomic E-state index is 0.236. The Kier molecular flexibility index (Phi) is 5.68.